The van der Waals surface area contributed by atoms with Gasteiger partial charge in [0.1, 0.15) is 18.9 Å². The number of rotatable bonds is 2. The van der Waals surface area contributed by atoms with E-state index in [0.29, 0.717) is 24.1 Å². The lowest BCUT2D eigenvalue weighted by Gasteiger charge is -2.18. The second kappa shape index (κ2) is 5.38. The second-order valence-electron chi connectivity index (χ2n) is 4.97. The number of nitrogens with zero attached hydrogens (tertiary/aromatic N) is 2. The molecule has 0 aliphatic carbocycles. The third-order valence-corrected chi connectivity index (χ3v) is 4.10. The highest BCUT2D eigenvalue weighted by Crippen LogP contribution is 2.36. The van der Waals surface area contributed by atoms with Crippen molar-refractivity contribution in [2.24, 2.45) is 0 Å². The predicted octanol–water partition coefficient (Wildman–Crippen LogP) is 4.16. The molecule has 0 unspecified atom stereocenters. The molecule has 0 fully saturated rings. The first kappa shape index (κ1) is 13.7. The fourth-order valence-corrected chi connectivity index (χ4v) is 3.03. The molecular formula is C16H12Cl2N2O2. The standard InChI is InChI=1S/C16H12Cl2N2O2/c17-8-12-16(19-15-4-2-11(18)9-20(12)15)10-1-3-13-14(7-10)22-6-5-21-13/h1-4,7,9H,5-6,8H2. The molecule has 1 aromatic carbocycles. The maximum atomic E-state index is 6.14. The van der Waals surface area contributed by atoms with Gasteiger partial charge in [-0.3, -0.25) is 0 Å². The Kier molecular flexibility index (Phi) is 3.36. The third-order valence-electron chi connectivity index (χ3n) is 3.62. The first-order valence-corrected chi connectivity index (χ1v) is 7.80. The van der Waals surface area contributed by atoms with Crippen molar-refractivity contribution in [3.63, 3.8) is 0 Å². The van der Waals surface area contributed by atoms with Gasteiger partial charge in [-0.2, -0.15) is 0 Å². The fraction of sp³-hybridized carbons (Fsp3) is 0.188. The Hall–Kier alpha value is -1.91. The Balaban J connectivity index is 1.90. The highest BCUT2D eigenvalue weighted by Gasteiger charge is 2.17. The van der Waals surface area contributed by atoms with Crippen molar-refractivity contribution in [2.45, 2.75) is 5.88 Å². The van der Waals surface area contributed by atoms with Crippen LogP contribution in [-0.2, 0) is 5.88 Å². The van der Waals surface area contributed by atoms with E-state index in [9.17, 15) is 0 Å². The Morgan fingerprint density at radius 2 is 1.91 bits per heavy atom. The molecule has 0 amide bonds. The average Bonchev–Trinajstić information content (AvgIpc) is 2.92. The minimum Gasteiger partial charge on any atom is -0.486 e. The van der Waals surface area contributed by atoms with E-state index in [1.54, 1.807) is 0 Å². The van der Waals surface area contributed by atoms with Crippen molar-refractivity contribution in [1.82, 2.24) is 9.38 Å². The van der Waals surface area contributed by atoms with Crippen molar-refractivity contribution in [1.29, 1.82) is 0 Å². The summed E-state index contributed by atoms with van der Waals surface area (Å²) in [6, 6.07) is 9.50. The zero-order valence-electron chi connectivity index (χ0n) is 11.6. The molecule has 2 aromatic heterocycles. The minimum atomic E-state index is 0.339. The first-order chi connectivity index (χ1) is 10.8. The van der Waals surface area contributed by atoms with Crippen LogP contribution in [0.4, 0.5) is 0 Å². The van der Waals surface area contributed by atoms with Crippen LogP contribution in [0.15, 0.2) is 36.5 Å². The van der Waals surface area contributed by atoms with Crippen molar-refractivity contribution in [3.8, 4) is 22.8 Å². The number of hydrogen-bond acceptors (Lipinski definition) is 3. The van der Waals surface area contributed by atoms with Crippen LogP contribution >= 0.6 is 23.2 Å². The van der Waals surface area contributed by atoms with Gasteiger partial charge >= 0.3 is 0 Å². The zero-order chi connectivity index (χ0) is 15.1. The number of pyridine rings is 1. The van der Waals surface area contributed by atoms with E-state index >= 15 is 0 Å². The van der Waals surface area contributed by atoms with Gasteiger partial charge in [0.05, 0.1) is 22.3 Å². The monoisotopic (exact) mass is 334 g/mol. The van der Waals surface area contributed by atoms with Crippen LogP contribution in [0.25, 0.3) is 16.9 Å². The highest BCUT2D eigenvalue weighted by molar-refractivity contribution is 6.30. The smallest absolute Gasteiger partial charge is 0.162 e. The van der Waals surface area contributed by atoms with Gasteiger partial charge in [-0.15, -0.1) is 11.6 Å². The van der Waals surface area contributed by atoms with Gasteiger partial charge in [0.2, 0.25) is 0 Å². The molecule has 4 rings (SSSR count). The summed E-state index contributed by atoms with van der Waals surface area (Å²) in [5.74, 6) is 1.83. The lowest BCUT2D eigenvalue weighted by atomic mass is 10.1. The number of hydrogen-bond donors (Lipinski definition) is 0. The lowest BCUT2D eigenvalue weighted by Crippen LogP contribution is -2.15. The molecule has 3 heterocycles. The van der Waals surface area contributed by atoms with Gasteiger partial charge in [0.15, 0.2) is 11.5 Å². The Morgan fingerprint density at radius 1 is 1.09 bits per heavy atom. The van der Waals surface area contributed by atoms with Gasteiger partial charge in [-0.1, -0.05) is 11.6 Å². The fourth-order valence-electron chi connectivity index (χ4n) is 2.62. The number of ether oxygens (including phenoxy) is 2. The van der Waals surface area contributed by atoms with Crippen molar-refractivity contribution < 1.29 is 9.47 Å². The number of benzene rings is 1. The second-order valence-corrected chi connectivity index (χ2v) is 5.68. The lowest BCUT2D eigenvalue weighted by molar-refractivity contribution is 0.171. The summed E-state index contributed by atoms with van der Waals surface area (Å²) >= 11 is 12.2. The molecule has 0 atom stereocenters. The van der Waals surface area contributed by atoms with Crippen LogP contribution < -0.4 is 9.47 Å². The van der Waals surface area contributed by atoms with E-state index in [-0.39, 0.29) is 0 Å². The molecule has 0 bridgehead atoms. The van der Waals surface area contributed by atoms with Crippen LogP contribution in [0.3, 0.4) is 0 Å². The van der Waals surface area contributed by atoms with Gasteiger partial charge in [-0.25, -0.2) is 4.98 Å². The minimum absolute atomic E-state index is 0.339. The summed E-state index contributed by atoms with van der Waals surface area (Å²) < 4.78 is 13.1. The predicted molar refractivity (Wildman–Crippen MR) is 86.2 cm³/mol. The number of halogens is 2. The molecule has 0 saturated carbocycles. The first-order valence-electron chi connectivity index (χ1n) is 6.89. The Morgan fingerprint density at radius 3 is 2.73 bits per heavy atom. The number of imidazole rings is 1. The molecule has 0 saturated heterocycles. The van der Waals surface area contributed by atoms with E-state index in [0.717, 1.165) is 34.1 Å². The van der Waals surface area contributed by atoms with Gasteiger partial charge in [-0.05, 0) is 30.3 Å². The van der Waals surface area contributed by atoms with E-state index in [1.165, 1.54) is 0 Å². The maximum Gasteiger partial charge on any atom is 0.162 e. The molecule has 0 radical (unpaired) electrons. The summed E-state index contributed by atoms with van der Waals surface area (Å²) in [4.78, 5) is 4.67. The summed E-state index contributed by atoms with van der Waals surface area (Å²) in [5.41, 5.74) is 3.48. The molecule has 1 aliphatic heterocycles. The van der Waals surface area contributed by atoms with E-state index in [1.807, 2.05) is 40.9 Å². The topological polar surface area (TPSA) is 35.8 Å². The van der Waals surface area contributed by atoms with Gasteiger partial charge < -0.3 is 13.9 Å². The number of alkyl halides is 1. The third kappa shape index (κ3) is 2.19. The van der Waals surface area contributed by atoms with E-state index in [4.69, 9.17) is 32.7 Å². The van der Waals surface area contributed by atoms with Crippen LogP contribution in [-0.4, -0.2) is 22.6 Å². The SMILES string of the molecule is ClCc1c(-c2ccc3c(c2)OCCO3)nc2ccc(Cl)cn12. The van der Waals surface area contributed by atoms with Gasteiger partial charge in [0, 0.05) is 11.8 Å². The summed E-state index contributed by atoms with van der Waals surface area (Å²) in [7, 11) is 0. The molecule has 22 heavy (non-hydrogen) atoms. The van der Waals surface area contributed by atoms with Crippen LogP contribution in [0, 0.1) is 0 Å². The van der Waals surface area contributed by atoms with Crippen molar-refractivity contribution in [2.75, 3.05) is 13.2 Å². The van der Waals surface area contributed by atoms with Crippen molar-refractivity contribution >= 4 is 28.8 Å². The molecule has 1 aliphatic rings. The molecule has 0 spiro atoms. The maximum absolute atomic E-state index is 6.14. The van der Waals surface area contributed by atoms with E-state index in [2.05, 4.69) is 4.98 Å². The molecule has 112 valence electrons. The van der Waals surface area contributed by atoms with Crippen molar-refractivity contribution in [3.05, 3.63) is 47.2 Å². The van der Waals surface area contributed by atoms with Crippen LogP contribution in [0.5, 0.6) is 11.5 Å². The summed E-state index contributed by atoms with van der Waals surface area (Å²) in [5, 5.41) is 0.644. The zero-order valence-corrected chi connectivity index (χ0v) is 13.1. The molecule has 6 heteroatoms. The number of fused-ring (bicyclic) bond motifs is 2. The normalized spacial score (nSPS) is 13.5. The van der Waals surface area contributed by atoms with Crippen LogP contribution in [0.1, 0.15) is 5.69 Å². The Bertz CT molecular complexity index is 861. The molecule has 3 aromatic rings. The molecular weight excluding hydrogens is 323 g/mol. The summed E-state index contributed by atoms with van der Waals surface area (Å²) in [6.07, 6.45) is 1.82. The summed E-state index contributed by atoms with van der Waals surface area (Å²) in [6.45, 7) is 1.13. The average molecular weight is 335 g/mol. The number of aromatic nitrogens is 2. The molecule has 4 nitrogen and oxygen atoms in total. The highest BCUT2D eigenvalue weighted by atomic mass is 35.5. The van der Waals surface area contributed by atoms with Crippen LogP contribution in [0.2, 0.25) is 5.02 Å². The Labute approximate surface area is 137 Å². The largest absolute Gasteiger partial charge is 0.486 e. The van der Waals surface area contributed by atoms with Gasteiger partial charge in [0.25, 0.3) is 0 Å². The molecule has 0 N–H and O–H groups in total. The quantitative estimate of drug-likeness (QED) is 0.660. The van der Waals surface area contributed by atoms with E-state index < -0.39 is 0 Å².